The molecular weight excluding hydrogens is 362 g/mol. The van der Waals surface area contributed by atoms with Gasteiger partial charge in [0.25, 0.3) is 0 Å². The van der Waals surface area contributed by atoms with Gasteiger partial charge in [-0.25, -0.2) is 9.78 Å². The van der Waals surface area contributed by atoms with Gasteiger partial charge in [0, 0.05) is 23.7 Å². The number of pyridine rings is 2. The lowest BCUT2D eigenvalue weighted by Crippen LogP contribution is -2.12. The fourth-order valence-electron chi connectivity index (χ4n) is 2.61. The predicted octanol–water partition coefficient (Wildman–Crippen LogP) is 4.11. The van der Waals surface area contributed by atoms with E-state index in [0.29, 0.717) is 17.5 Å². The standard InChI is InChI=1S/C21H18ClN3O2/c1-4-27-21(26)18-6-5-11-25(18)19-13-24-15(3)14(2)17(19)8-7-16-9-10-23-20(22)12-16/h5-6,9-13H,4H2,1-3H3. The van der Waals surface area contributed by atoms with Gasteiger partial charge in [0.15, 0.2) is 0 Å². The lowest BCUT2D eigenvalue weighted by Gasteiger charge is -2.13. The Labute approximate surface area is 163 Å². The molecule has 3 aromatic heterocycles. The average Bonchev–Trinajstić information content (AvgIpc) is 3.13. The van der Waals surface area contributed by atoms with Gasteiger partial charge in [0.05, 0.1) is 24.1 Å². The minimum absolute atomic E-state index is 0.310. The van der Waals surface area contributed by atoms with E-state index in [-0.39, 0.29) is 5.97 Å². The second-order valence-corrected chi connectivity index (χ2v) is 6.22. The van der Waals surface area contributed by atoms with E-state index < -0.39 is 0 Å². The molecule has 0 amide bonds. The highest BCUT2D eigenvalue weighted by molar-refractivity contribution is 6.29. The van der Waals surface area contributed by atoms with E-state index in [2.05, 4.69) is 21.8 Å². The second-order valence-electron chi connectivity index (χ2n) is 5.83. The number of aromatic nitrogens is 3. The summed E-state index contributed by atoms with van der Waals surface area (Å²) in [6.07, 6.45) is 5.13. The maximum Gasteiger partial charge on any atom is 0.355 e. The molecule has 3 aromatic rings. The number of hydrogen-bond acceptors (Lipinski definition) is 4. The van der Waals surface area contributed by atoms with Crippen LogP contribution in [0.2, 0.25) is 5.15 Å². The molecule has 0 aliphatic carbocycles. The average molecular weight is 380 g/mol. The van der Waals surface area contributed by atoms with Crippen LogP contribution in [-0.4, -0.2) is 27.1 Å². The molecule has 0 saturated carbocycles. The van der Waals surface area contributed by atoms with Crippen molar-refractivity contribution in [3.05, 3.63) is 76.1 Å². The zero-order valence-electron chi connectivity index (χ0n) is 15.3. The van der Waals surface area contributed by atoms with E-state index in [1.165, 1.54) is 0 Å². The third-order valence-electron chi connectivity index (χ3n) is 4.11. The third-order valence-corrected chi connectivity index (χ3v) is 4.31. The summed E-state index contributed by atoms with van der Waals surface area (Å²) in [7, 11) is 0. The maximum absolute atomic E-state index is 12.3. The Morgan fingerprint density at radius 1 is 1.26 bits per heavy atom. The van der Waals surface area contributed by atoms with Crippen LogP contribution in [0.3, 0.4) is 0 Å². The summed E-state index contributed by atoms with van der Waals surface area (Å²) < 4.78 is 6.90. The first-order chi connectivity index (χ1) is 13.0. The number of halogens is 1. The number of rotatable bonds is 3. The molecule has 0 fully saturated rings. The van der Waals surface area contributed by atoms with Gasteiger partial charge in [-0.15, -0.1) is 0 Å². The van der Waals surface area contributed by atoms with Crippen molar-refractivity contribution in [2.45, 2.75) is 20.8 Å². The topological polar surface area (TPSA) is 57.0 Å². The summed E-state index contributed by atoms with van der Waals surface area (Å²) in [5.41, 5.74) is 4.52. The zero-order valence-corrected chi connectivity index (χ0v) is 16.0. The lowest BCUT2D eigenvalue weighted by atomic mass is 10.1. The number of carbonyl (C=O) groups excluding carboxylic acids is 1. The van der Waals surface area contributed by atoms with E-state index in [1.807, 2.05) is 13.8 Å². The fourth-order valence-corrected chi connectivity index (χ4v) is 2.78. The van der Waals surface area contributed by atoms with E-state index in [4.69, 9.17) is 16.3 Å². The molecule has 0 aliphatic rings. The Balaban J connectivity index is 2.13. The van der Waals surface area contributed by atoms with Crippen LogP contribution < -0.4 is 0 Å². The van der Waals surface area contributed by atoms with Crippen molar-refractivity contribution >= 4 is 17.6 Å². The summed E-state index contributed by atoms with van der Waals surface area (Å²) in [6, 6.07) is 7.01. The van der Waals surface area contributed by atoms with Gasteiger partial charge >= 0.3 is 5.97 Å². The van der Waals surface area contributed by atoms with Crippen molar-refractivity contribution in [2.75, 3.05) is 6.61 Å². The Hall–Kier alpha value is -3.10. The van der Waals surface area contributed by atoms with Gasteiger partial charge in [-0.05, 0) is 50.6 Å². The van der Waals surface area contributed by atoms with Crippen molar-refractivity contribution in [3.8, 4) is 17.5 Å². The van der Waals surface area contributed by atoms with Gasteiger partial charge in [-0.2, -0.15) is 0 Å². The van der Waals surface area contributed by atoms with Gasteiger partial charge in [0.1, 0.15) is 10.8 Å². The molecule has 0 aromatic carbocycles. The normalized spacial score (nSPS) is 10.2. The largest absolute Gasteiger partial charge is 0.461 e. The summed E-state index contributed by atoms with van der Waals surface area (Å²) in [5, 5.41) is 0.389. The smallest absolute Gasteiger partial charge is 0.355 e. The molecule has 5 nitrogen and oxygen atoms in total. The molecule has 0 N–H and O–H groups in total. The monoisotopic (exact) mass is 379 g/mol. The van der Waals surface area contributed by atoms with E-state index >= 15 is 0 Å². The van der Waals surface area contributed by atoms with Crippen LogP contribution in [0.4, 0.5) is 0 Å². The van der Waals surface area contributed by atoms with Crippen LogP contribution in [0, 0.1) is 25.7 Å². The Bertz CT molecular complexity index is 1060. The molecule has 3 heterocycles. The SMILES string of the molecule is CCOC(=O)c1cccn1-c1cnc(C)c(C)c1C#Cc1ccnc(Cl)c1. The molecule has 0 aliphatic heterocycles. The first kappa shape index (κ1) is 18.7. The zero-order chi connectivity index (χ0) is 19.4. The Morgan fingerprint density at radius 2 is 2.07 bits per heavy atom. The van der Waals surface area contributed by atoms with Gasteiger partial charge < -0.3 is 9.30 Å². The minimum atomic E-state index is -0.388. The van der Waals surface area contributed by atoms with Gasteiger partial charge in [-0.1, -0.05) is 23.4 Å². The van der Waals surface area contributed by atoms with E-state index in [1.54, 1.807) is 54.3 Å². The third kappa shape index (κ3) is 4.02. The summed E-state index contributed by atoms with van der Waals surface area (Å²) in [5.74, 6) is 5.93. The summed E-state index contributed by atoms with van der Waals surface area (Å²) in [4.78, 5) is 20.7. The number of hydrogen-bond donors (Lipinski definition) is 0. The molecule has 0 bridgehead atoms. The Kier molecular flexibility index (Phi) is 5.58. The molecule has 27 heavy (non-hydrogen) atoms. The summed E-state index contributed by atoms with van der Waals surface area (Å²) in [6.45, 7) is 5.97. The minimum Gasteiger partial charge on any atom is -0.461 e. The quantitative estimate of drug-likeness (QED) is 0.390. The van der Waals surface area contributed by atoms with E-state index in [0.717, 1.165) is 28.1 Å². The van der Waals surface area contributed by atoms with Crippen LogP contribution in [0.15, 0.2) is 42.9 Å². The molecule has 0 spiro atoms. The van der Waals surface area contributed by atoms with Gasteiger partial charge in [0.2, 0.25) is 0 Å². The highest BCUT2D eigenvalue weighted by Crippen LogP contribution is 2.22. The molecule has 0 radical (unpaired) electrons. The Morgan fingerprint density at radius 3 is 2.81 bits per heavy atom. The number of ether oxygens (including phenoxy) is 1. The molecule has 0 saturated heterocycles. The second kappa shape index (κ2) is 8.07. The van der Waals surface area contributed by atoms with Gasteiger partial charge in [-0.3, -0.25) is 4.98 Å². The fraction of sp³-hybridized carbons (Fsp3) is 0.190. The first-order valence-electron chi connectivity index (χ1n) is 8.46. The predicted molar refractivity (Wildman–Crippen MR) is 104 cm³/mol. The van der Waals surface area contributed by atoms with Crippen molar-refractivity contribution in [1.82, 2.24) is 14.5 Å². The van der Waals surface area contributed by atoms with Crippen LogP contribution in [-0.2, 0) is 4.74 Å². The van der Waals surface area contributed by atoms with Crippen molar-refractivity contribution in [2.24, 2.45) is 0 Å². The van der Waals surface area contributed by atoms with Crippen molar-refractivity contribution < 1.29 is 9.53 Å². The molecule has 0 atom stereocenters. The lowest BCUT2D eigenvalue weighted by molar-refractivity contribution is 0.0517. The molecule has 0 unspecified atom stereocenters. The first-order valence-corrected chi connectivity index (χ1v) is 8.83. The maximum atomic E-state index is 12.3. The highest BCUT2D eigenvalue weighted by Gasteiger charge is 2.16. The van der Waals surface area contributed by atoms with E-state index in [9.17, 15) is 4.79 Å². The van der Waals surface area contributed by atoms with Crippen LogP contribution in [0.25, 0.3) is 5.69 Å². The van der Waals surface area contributed by atoms with Crippen molar-refractivity contribution in [1.29, 1.82) is 0 Å². The number of nitrogens with zero attached hydrogens (tertiary/aromatic N) is 3. The number of esters is 1. The highest BCUT2D eigenvalue weighted by atomic mass is 35.5. The van der Waals surface area contributed by atoms with Crippen LogP contribution in [0.1, 0.15) is 39.8 Å². The molecule has 6 heteroatoms. The van der Waals surface area contributed by atoms with Crippen LogP contribution in [0.5, 0.6) is 0 Å². The molecule has 3 rings (SSSR count). The molecular formula is C21H18ClN3O2. The van der Waals surface area contributed by atoms with Crippen molar-refractivity contribution in [3.63, 3.8) is 0 Å². The molecule has 136 valence electrons. The number of carbonyl (C=O) groups is 1. The number of aryl methyl sites for hydroxylation is 1. The summed E-state index contributed by atoms with van der Waals surface area (Å²) >= 11 is 5.94. The van der Waals surface area contributed by atoms with Crippen LogP contribution >= 0.6 is 11.6 Å².